The molecule has 106 valence electrons. The number of fused-ring (bicyclic) bond motifs is 1. The molecule has 0 fully saturated rings. The van der Waals surface area contributed by atoms with E-state index in [4.69, 9.17) is 0 Å². The highest BCUT2D eigenvalue weighted by atomic mass is 16.2. The van der Waals surface area contributed by atoms with E-state index in [1.54, 1.807) is 6.20 Å². The molecule has 0 saturated heterocycles. The average Bonchev–Trinajstić information content (AvgIpc) is 3.04. The fraction of sp³-hybridized carbons (Fsp3) is 0.462. The second-order valence-electron chi connectivity index (χ2n) is 5.10. The highest BCUT2D eigenvalue weighted by molar-refractivity contribution is 5.94. The fourth-order valence-corrected chi connectivity index (χ4v) is 2.42. The lowest BCUT2D eigenvalue weighted by atomic mass is 10.1. The van der Waals surface area contributed by atoms with Crippen molar-refractivity contribution in [3.63, 3.8) is 0 Å². The van der Waals surface area contributed by atoms with Crippen LogP contribution < -0.4 is 10.6 Å². The van der Waals surface area contributed by atoms with Crippen LogP contribution in [0.3, 0.4) is 0 Å². The van der Waals surface area contributed by atoms with Crippen molar-refractivity contribution in [3.05, 3.63) is 34.7 Å². The molecule has 2 aromatic heterocycles. The predicted molar refractivity (Wildman–Crippen MR) is 73.2 cm³/mol. The van der Waals surface area contributed by atoms with Gasteiger partial charge in [-0.2, -0.15) is 5.10 Å². The van der Waals surface area contributed by atoms with Crippen LogP contribution in [0.1, 0.15) is 46.2 Å². The zero-order valence-electron chi connectivity index (χ0n) is 11.6. The largest absolute Gasteiger partial charge is 0.344 e. The number of aromatic nitrogens is 4. The van der Waals surface area contributed by atoms with Gasteiger partial charge in [-0.25, -0.2) is 4.98 Å². The van der Waals surface area contributed by atoms with E-state index in [1.807, 2.05) is 13.8 Å². The molecule has 20 heavy (non-hydrogen) atoms. The normalized spacial score (nSPS) is 15.7. The number of H-pyrrole nitrogens is 2. The second-order valence-corrected chi connectivity index (χ2v) is 5.10. The van der Waals surface area contributed by atoms with Crippen LogP contribution in [-0.2, 0) is 13.0 Å². The number of carbonyl (C=O) groups excluding carboxylic acids is 1. The van der Waals surface area contributed by atoms with Gasteiger partial charge in [0.25, 0.3) is 5.91 Å². The fourth-order valence-electron chi connectivity index (χ4n) is 2.42. The van der Waals surface area contributed by atoms with E-state index in [1.165, 1.54) is 0 Å². The van der Waals surface area contributed by atoms with Gasteiger partial charge in [0.05, 0.1) is 11.7 Å². The number of hydrogen-bond donors (Lipinski definition) is 4. The number of hydrogen-bond acceptors (Lipinski definition) is 4. The smallest absolute Gasteiger partial charge is 0.272 e. The minimum atomic E-state index is -0.176. The molecule has 1 amide bonds. The third kappa shape index (κ3) is 2.32. The molecule has 3 heterocycles. The molecular formula is C13H18N6O. The van der Waals surface area contributed by atoms with Gasteiger partial charge in [-0.15, -0.1) is 0 Å². The number of aryl methyl sites for hydroxylation is 1. The van der Waals surface area contributed by atoms with Crippen LogP contribution >= 0.6 is 0 Å². The van der Waals surface area contributed by atoms with Gasteiger partial charge in [-0.3, -0.25) is 9.89 Å². The Morgan fingerprint density at radius 1 is 1.50 bits per heavy atom. The van der Waals surface area contributed by atoms with Crippen molar-refractivity contribution in [3.8, 4) is 0 Å². The Balaban J connectivity index is 1.75. The zero-order valence-corrected chi connectivity index (χ0v) is 11.6. The van der Waals surface area contributed by atoms with Crippen LogP contribution in [-0.4, -0.2) is 32.6 Å². The van der Waals surface area contributed by atoms with E-state index in [9.17, 15) is 4.79 Å². The standard InChI is InChI=1S/C13H18N6O/c1-7-5-15-12(16-7)8(2)17-13(20)11-9-3-4-14-6-10(9)18-19-11/h5,8,14H,3-4,6H2,1-2H3,(H,15,16)(H,17,20)(H,18,19). The average molecular weight is 274 g/mol. The molecule has 0 spiro atoms. The van der Waals surface area contributed by atoms with Gasteiger partial charge < -0.3 is 15.6 Å². The van der Waals surface area contributed by atoms with Crippen molar-refractivity contribution in [1.29, 1.82) is 0 Å². The molecular weight excluding hydrogens is 256 g/mol. The Kier molecular flexibility index (Phi) is 3.27. The Bertz CT molecular complexity index is 629. The lowest BCUT2D eigenvalue weighted by Gasteiger charge is -2.14. The molecule has 1 atom stereocenters. The number of carbonyl (C=O) groups is 1. The number of amides is 1. The molecule has 0 aromatic carbocycles. The summed E-state index contributed by atoms with van der Waals surface area (Å²) in [5.41, 5.74) is 3.49. The summed E-state index contributed by atoms with van der Waals surface area (Å²) in [6.07, 6.45) is 2.57. The van der Waals surface area contributed by atoms with Gasteiger partial charge in [0.15, 0.2) is 5.69 Å². The maximum Gasteiger partial charge on any atom is 0.272 e. The molecule has 0 saturated carbocycles. The number of imidazole rings is 1. The first-order valence-corrected chi connectivity index (χ1v) is 6.74. The SMILES string of the molecule is Cc1cnc(C(C)NC(=O)c2n[nH]c3c2CCNC3)[nH]1. The molecule has 0 bridgehead atoms. The number of nitrogens with zero attached hydrogens (tertiary/aromatic N) is 2. The van der Waals surface area contributed by atoms with Crippen LogP contribution in [0.2, 0.25) is 0 Å². The topological polar surface area (TPSA) is 98.5 Å². The van der Waals surface area contributed by atoms with Gasteiger partial charge in [0.1, 0.15) is 5.82 Å². The van der Waals surface area contributed by atoms with Crippen LogP contribution in [0.5, 0.6) is 0 Å². The summed E-state index contributed by atoms with van der Waals surface area (Å²) in [6, 6.07) is -0.176. The Morgan fingerprint density at radius 2 is 2.35 bits per heavy atom. The van der Waals surface area contributed by atoms with Crippen LogP contribution in [0.15, 0.2) is 6.20 Å². The second kappa shape index (κ2) is 5.09. The first-order valence-electron chi connectivity index (χ1n) is 6.74. The third-order valence-electron chi connectivity index (χ3n) is 3.50. The summed E-state index contributed by atoms with van der Waals surface area (Å²) < 4.78 is 0. The Labute approximate surface area is 116 Å². The maximum atomic E-state index is 12.3. The summed E-state index contributed by atoms with van der Waals surface area (Å²) in [5.74, 6) is 0.591. The molecule has 7 heteroatoms. The van der Waals surface area contributed by atoms with Crippen molar-refractivity contribution in [2.45, 2.75) is 32.9 Å². The highest BCUT2D eigenvalue weighted by Crippen LogP contribution is 2.16. The van der Waals surface area contributed by atoms with Crippen molar-refractivity contribution in [2.75, 3.05) is 6.54 Å². The molecule has 0 aliphatic carbocycles. The van der Waals surface area contributed by atoms with Crippen molar-refractivity contribution in [2.24, 2.45) is 0 Å². The number of nitrogens with one attached hydrogen (secondary N) is 4. The summed E-state index contributed by atoms with van der Waals surface area (Å²) in [7, 11) is 0. The van der Waals surface area contributed by atoms with Crippen molar-refractivity contribution in [1.82, 2.24) is 30.8 Å². The van der Waals surface area contributed by atoms with E-state index in [2.05, 4.69) is 30.8 Å². The lowest BCUT2D eigenvalue weighted by Crippen LogP contribution is -2.30. The maximum absolute atomic E-state index is 12.3. The Morgan fingerprint density at radius 3 is 3.10 bits per heavy atom. The minimum absolute atomic E-state index is 0.161. The van der Waals surface area contributed by atoms with Gasteiger partial charge in [0.2, 0.25) is 0 Å². The van der Waals surface area contributed by atoms with Gasteiger partial charge in [-0.05, 0) is 26.8 Å². The minimum Gasteiger partial charge on any atom is -0.344 e. The molecule has 0 radical (unpaired) electrons. The molecule has 3 rings (SSSR count). The predicted octanol–water partition coefficient (Wildman–Crippen LogP) is 0.578. The van der Waals surface area contributed by atoms with Gasteiger partial charge >= 0.3 is 0 Å². The molecule has 1 aliphatic rings. The van der Waals surface area contributed by atoms with Gasteiger partial charge in [0, 0.05) is 24.0 Å². The molecule has 7 nitrogen and oxygen atoms in total. The number of rotatable bonds is 3. The van der Waals surface area contributed by atoms with E-state index in [0.717, 1.165) is 42.3 Å². The van der Waals surface area contributed by atoms with E-state index < -0.39 is 0 Å². The summed E-state index contributed by atoms with van der Waals surface area (Å²) in [5, 5.41) is 13.2. The highest BCUT2D eigenvalue weighted by Gasteiger charge is 2.23. The zero-order chi connectivity index (χ0) is 14.1. The molecule has 4 N–H and O–H groups in total. The summed E-state index contributed by atoms with van der Waals surface area (Å²) in [6.45, 7) is 5.45. The molecule has 1 unspecified atom stereocenters. The Hall–Kier alpha value is -2.15. The third-order valence-corrected chi connectivity index (χ3v) is 3.50. The van der Waals surface area contributed by atoms with Crippen molar-refractivity contribution < 1.29 is 4.79 Å². The van der Waals surface area contributed by atoms with Crippen molar-refractivity contribution >= 4 is 5.91 Å². The monoisotopic (exact) mass is 274 g/mol. The quantitative estimate of drug-likeness (QED) is 0.658. The summed E-state index contributed by atoms with van der Waals surface area (Å²) >= 11 is 0. The lowest BCUT2D eigenvalue weighted by molar-refractivity contribution is 0.0932. The van der Waals surface area contributed by atoms with E-state index in [0.29, 0.717) is 5.69 Å². The first kappa shape index (κ1) is 12.9. The first-order chi connectivity index (χ1) is 9.65. The van der Waals surface area contributed by atoms with Crippen LogP contribution in [0.4, 0.5) is 0 Å². The molecule has 2 aromatic rings. The van der Waals surface area contributed by atoms with Gasteiger partial charge in [-0.1, -0.05) is 0 Å². The van der Waals surface area contributed by atoms with Crippen LogP contribution in [0, 0.1) is 6.92 Å². The van der Waals surface area contributed by atoms with Crippen LogP contribution in [0.25, 0.3) is 0 Å². The molecule has 1 aliphatic heterocycles. The van der Waals surface area contributed by atoms with E-state index in [-0.39, 0.29) is 11.9 Å². The van der Waals surface area contributed by atoms with E-state index >= 15 is 0 Å². The number of aromatic amines is 2. The summed E-state index contributed by atoms with van der Waals surface area (Å²) in [4.78, 5) is 19.7.